The second-order valence-electron chi connectivity index (χ2n) is 11.7. The Hall–Kier alpha value is -3.22. The van der Waals surface area contributed by atoms with Gasteiger partial charge in [0.05, 0.1) is 56.8 Å². The van der Waals surface area contributed by atoms with Gasteiger partial charge in [0.25, 0.3) is 5.92 Å². The molecule has 2 N–H and O–H groups in total. The molecule has 7 rings (SSSR count). The lowest BCUT2D eigenvalue weighted by Gasteiger charge is -2.53. The summed E-state index contributed by atoms with van der Waals surface area (Å²) in [7, 11) is 13.5. The summed E-state index contributed by atoms with van der Waals surface area (Å²) in [5, 5.41) is 12.4. The number of nitrogens with one attached hydrogen (secondary N) is 2. The van der Waals surface area contributed by atoms with Gasteiger partial charge in [-0.25, -0.2) is 18.0 Å². The van der Waals surface area contributed by atoms with Crippen LogP contribution in [0.1, 0.15) is 38.5 Å². The third-order valence-corrected chi connectivity index (χ3v) is 8.83. The maximum Gasteiger partial charge on any atom is 0.321 e. The Morgan fingerprint density at radius 3 is 2.55 bits per heavy atom. The number of carbonyl (C=O) groups is 1. The molecule has 5 heterocycles. The molecule has 3 aromatic heterocycles. The third kappa shape index (κ3) is 3.91. The number of carbonyl (C=O) groups excluding carboxylic acids is 1. The topological polar surface area (TPSA) is 104 Å². The van der Waals surface area contributed by atoms with Crippen LogP contribution in [0, 0.1) is 0 Å². The van der Waals surface area contributed by atoms with E-state index in [-0.39, 0.29) is 24.8 Å². The van der Waals surface area contributed by atoms with E-state index in [1.54, 1.807) is 24.1 Å². The molecule has 10 nitrogen and oxygen atoms in total. The summed E-state index contributed by atoms with van der Waals surface area (Å²) >= 11 is 0. The molecule has 1 spiro atoms. The number of urea groups is 1. The molecule has 0 atom stereocenters. The molecule has 2 amide bonds. The predicted octanol–water partition coefficient (Wildman–Crippen LogP) is 2.94. The first-order valence-electron chi connectivity index (χ1n) is 13.4. The Morgan fingerprint density at radius 1 is 1.15 bits per heavy atom. The van der Waals surface area contributed by atoms with Crippen molar-refractivity contribution in [3.05, 3.63) is 18.5 Å². The molecule has 2 aliphatic heterocycles. The molecule has 4 radical (unpaired) electrons. The van der Waals surface area contributed by atoms with Crippen LogP contribution in [0.25, 0.3) is 22.3 Å². The number of pyridine rings is 1. The van der Waals surface area contributed by atoms with E-state index in [0.717, 1.165) is 10.3 Å². The summed E-state index contributed by atoms with van der Waals surface area (Å²) < 4.78 is 51.2. The minimum Gasteiger partial charge on any atom is -0.378 e. The van der Waals surface area contributed by atoms with Gasteiger partial charge in [0.1, 0.15) is 11.4 Å². The second-order valence-corrected chi connectivity index (χ2v) is 11.7. The summed E-state index contributed by atoms with van der Waals surface area (Å²) in [6, 6.07) is 0.915. The molecule has 206 valence electrons. The zero-order chi connectivity index (χ0) is 28.1. The molecule has 2 saturated heterocycles. The van der Waals surface area contributed by atoms with Gasteiger partial charge in [-0.1, -0.05) is 0 Å². The molecule has 40 heavy (non-hydrogen) atoms. The normalized spacial score (nSPS) is 23.8. The van der Waals surface area contributed by atoms with Crippen molar-refractivity contribution in [2.45, 2.75) is 73.6 Å². The van der Waals surface area contributed by atoms with Gasteiger partial charge in [0.2, 0.25) is 0 Å². The van der Waals surface area contributed by atoms with E-state index in [4.69, 9.17) is 25.5 Å². The Kier molecular flexibility index (Phi) is 5.40. The SMILES string of the molecule is [B]C1([B])N(C(=O)Nc2cn[nH]c2-c2cc3c(cn2)c(N2CC(OC)C2)nn3CC2(F)CC2)C2(CC2)CCC1(F)F. The Bertz CT molecular complexity index is 1500. The van der Waals surface area contributed by atoms with Gasteiger partial charge in [-0.3, -0.25) is 14.8 Å². The average Bonchev–Trinajstić information content (AvgIpc) is 3.72. The number of alkyl halides is 3. The van der Waals surface area contributed by atoms with E-state index in [9.17, 15) is 18.0 Å². The maximum atomic E-state index is 14.8. The monoisotopic (exact) mass is 550 g/mol. The van der Waals surface area contributed by atoms with Gasteiger partial charge in [-0.15, -0.1) is 0 Å². The lowest BCUT2D eigenvalue weighted by Crippen LogP contribution is -2.71. The maximum absolute atomic E-state index is 14.8. The number of amides is 2. The number of methoxy groups -OCH3 is 1. The lowest BCUT2D eigenvalue weighted by atomic mass is 9.53. The molecule has 4 fully saturated rings. The molecule has 0 unspecified atom stereocenters. The van der Waals surface area contributed by atoms with Crippen molar-refractivity contribution >= 4 is 44.1 Å². The average molecular weight is 550 g/mol. The predicted molar refractivity (Wildman–Crippen MR) is 142 cm³/mol. The fraction of sp³-hybridized carbons (Fsp3) is 0.600. The molecule has 4 aliphatic rings. The van der Waals surface area contributed by atoms with E-state index in [0.29, 0.717) is 61.5 Å². The van der Waals surface area contributed by atoms with Gasteiger partial charge in [-0.05, 0) is 38.2 Å². The highest BCUT2D eigenvalue weighted by atomic mass is 19.3. The number of hydrogen-bond donors (Lipinski definition) is 2. The van der Waals surface area contributed by atoms with Crippen molar-refractivity contribution in [3.63, 3.8) is 0 Å². The molecule has 15 heteroatoms. The summed E-state index contributed by atoms with van der Waals surface area (Å²) in [6.45, 7) is 1.45. The van der Waals surface area contributed by atoms with Gasteiger partial charge in [-0.2, -0.15) is 10.2 Å². The minimum atomic E-state index is -3.45. The molecule has 0 bridgehead atoms. The number of H-pyrrole nitrogens is 1. The smallest absolute Gasteiger partial charge is 0.321 e. The molecular weight excluding hydrogens is 523 g/mol. The van der Waals surface area contributed by atoms with Crippen molar-refractivity contribution in [1.82, 2.24) is 29.9 Å². The summed E-state index contributed by atoms with van der Waals surface area (Å²) in [5.74, 6) is -2.75. The van der Waals surface area contributed by atoms with Gasteiger partial charge in [0, 0.05) is 43.7 Å². The first kappa shape index (κ1) is 25.7. The first-order valence-corrected chi connectivity index (χ1v) is 13.4. The van der Waals surface area contributed by atoms with Gasteiger partial charge >= 0.3 is 6.03 Å². The second kappa shape index (κ2) is 8.40. The highest BCUT2D eigenvalue weighted by Gasteiger charge is 2.65. The highest BCUT2D eigenvalue weighted by Crippen LogP contribution is 2.56. The van der Waals surface area contributed by atoms with Crippen LogP contribution in [-0.4, -0.2) is 100 Å². The Morgan fingerprint density at radius 2 is 1.88 bits per heavy atom. The Labute approximate surface area is 230 Å². The van der Waals surface area contributed by atoms with Gasteiger partial charge in [0.15, 0.2) is 5.82 Å². The number of fused-ring (bicyclic) bond motifs is 1. The fourth-order valence-electron chi connectivity index (χ4n) is 5.87. The molecule has 2 saturated carbocycles. The molecule has 0 aromatic carbocycles. The summed E-state index contributed by atoms with van der Waals surface area (Å²) in [4.78, 5) is 20.9. The zero-order valence-electron chi connectivity index (χ0n) is 22.0. The lowest BCUT2D eigenvalue weighted by molar-refractivity contribution is -0.107. The number of piperidine rings is 1. The number of ether oxygens (including phenoxy) is 1. The Balaban J connectivity index is 1.21. The molecular formula is C25H27B2F3N8O2. The number of nitrogens with zero attached hydrogens (tertiary/aromatic N) is 6. The van der Waals surface area contributed by atoms with Crippen LogP contribution in [0.2, 0.25) is 0 Å². The van der Waals surface area contributed by atoms with Crippen LogP contribution in [0.3, 0.4) is 0 Å². The van der Waals surface area contributed by atoms with Crippen LogP contribution in [0.5, 0.6) is 0 Å². The fourth-order valence-corrected chi connectivity index (χ4v) is 5.87. The minimum absolute atomic E-state index is 0.106. The van der Waals surface area contributed by atoms with Crippen molar-refractivity contribution in [3.8, 4) is 11.4 Å². The van der Waals surface area contributed by atoms with Crippen molar-refractivity contribution in [2.75, 3.05) is 30.4 Å². The molecule has 3 aromatic rings. The quantitative estimate of drug-likeness (QED) is 0.458. The van der Waals surface area contributed by atoms with Crippen LogP contribution in [0.15, 0.2) is 18.5 Å². The van der Waals surface area contributed by atoms with Crippen LogP contribution < -0.4 is 10.2 Å². The number of halogens is 3. The van der Waals surface area contributed by atoms with E-state index >= 15 is 0 Å². The first-order chi connectivity index (χ1) is 19.0. The number of hydrogen-bond acceptors (Lipinski definition) is 6. The summed E-state index contributed by atoms with van der Waals surface area (Å²) in [6.07, 6.45) is 4.82. The number of anilines is 2. The molecule has 2 aliphatic carbocycles. The van der Waals surface area contributed by atoms with E-state index in [2.05, 4.69) is 25.4 Å². The number of likely N-dealkylation sites (tertiary alicyclic amines) is 1. The van der Waals surface area contributed by atoms with Gasteiger partial charge < -0.3 is 19.9 Å². The number of aromatic amines is 1. The van der Waals surface area contributed by atoms with Crippen LogP contribution >= 0.6 is 0 Å². The van der Waals surface area contributed by atoms with Crippen molar-refractivity contribution in [2.24, 2.45) is 0 Å². The van der Waals surface area contributed by atoms with E-state index in [1.807, 2.05) is 0 Å². The highest BCUT2D eigenvalue weighted by molar-refractivity contribution is 6.42. The largest absolute Gasteiger partial charge is 0.378 e. The number of rotatable bonds is 6. The number of aromatic nitrogens is 5. The third-order valence-electron chi connectivity index (χ3n) is 8.83. The van der Waals surface area contributed by atoms with Crippen molar-refractivity contribution < 1.29 is 22.7 Å². The standard InChI is InChI=1S/C25H27B2F3N8O2/c1-40-14-11-36(12-14)20-15-9-31-16(8-18(15)37(35-20)13-22(28)2-3-22)19-17(10-32-34-19)33-21(39)38-23(4-5-23)6-7-24(29,30)25(38,26)27/h8-10,14H,2-7,11-13H2,1H3,(H,32,34)(H,33,39). The summed E-state index contributed by atoms with van der Waals surface area (Å²) in [5.41, 5.74) is -0.424. The van der Waals surface area contributed by atoms with E-state index in [1.165, 1.54) is 6.20 Å². The zero-order valence-corrected chi connectivity index (χ0v) is 22.0. The van der Waals surface area contributed by atoms with Crippen LogP contribution in [0.4, 0.5) is 29.5 Å². The van der Waals surface area contributed by atoms with Crippen LogP contribution in [-0.2, 0) is 11.3 Å². The van der Waals surface area contributed by atoms with E-state index < -0.39 is 34.9 Å². The van der Waals surface area contributed by atoms with Crippen molar-refractivity contribution in [1.29, 1.82) is 0 Å².